The molecule has 1 aromatic carbocycles. The Bertz CT molecular complexity index is 1030. The molecule has 2 heterocycles. The Morgan fingerprint density at radius 3 is 2.83 bits per heavy atom. The van der Waals surface area contributed by atoms with E-state index in [2.05, 4.69) is 41.5 Å². The number of carbonyl (C=O) groups is 1. The Labute approximate surface area is 183 Å². The van der Waals surface area contributed by atoms with Crippen LogP contribution in [0.15, 0.2) is 27.0 Å². The predicted molar refractivity (Wildman–Crippen MR) is 104 cm³/mol. The smallest absolute Gasteiger partial charge is 0.416 e. The lowest BCUT2D eigenvalue weighted by Gasteiger charge is -2.11. The van der Waals surface area contributed by atoms with Crippen LogP contribution in [-0.4, -0.2) is 53.8 Å². The lowest BCUT2D eigenvalue weighted by atomic mass is 10.2. The van der Waals surface area contributed by atoms with Crippen LogP contribution < -0.4 is 4.74 Å². The molecule has 0 atom stereocenters. The first-order valence-electron chi connectivity index (χ1n) is 8.18. The Hall–Kier alpha value is -2.26. The number of alkyl halides is 3. The van der Waals surface area contributed by atoms with E-state index in [1.165, 1.54) is 29.2 Å². The number of aliphatic carboxylic acids is 1. The second kappa shape index (κ2) is 9.70. The minimum Gasteiger partial charge on any atom is -0.492 e. The Balaban J connectivity index is 1.47. The summed E-state index contributed by atoms with van der Waals surface area (Å²) in [5.41, 5.74) is -0.773. The average Bonchev–Trinajstić information content (AvgIpc) is 3.30. The maximum absolute atomic E-state index is 12.8. The molecule has 0 saturated heterocycles. The Morgan fingerprint density at radius 2 is 2.10 bits per heavy atom. The molecule has 0 amide bonds. The highest BCUT2D eigenvalue weighted by molar-refractivity contribution is 9.10. The molecule has 0 unspecified atom stereocenters. The van der Waals surface area contributed by atoms with Gasteiger partial charge in [-0.05, 0) is 45.8 Å². The molecule has 0 fully saturated rings. The molecule has 15 heteroatoms. The minimum absolute atomic E-state index is 0.128. The highest BCUT2D eigenvalue weighted by Gasteiger charge is 2.31. The zero-order chi connectivity index (χ0) is 21.7. The number of aromatic nitrogens is 6. The fourth-order valence-electron chi connectivity index (χ4n) is 2.07. The summed E-state index contributed by atoms with van der Waals surface area (Å²) < 4.78 is 44.9. The van der Waals surface area contributed by atoms with Crippen molar-refractivity contribution in [2.45, 2.75) is 23.5 Å². The van der Waals surface area contributed by atoms with Crippen molar-refractivity contribution in [1.29, 1.82) is 0 Å². The number of tetrazole rings is 1. The molecule has 3 aromatic rings. The van der Waals surface area contributed by atoms with Gasteiger partial charge >= 0.3 is 12.1 Å². The second-order valence-electron chi connectivity index (χ2n) is 5.60. The second-order valence-corrected chi connectivity index (χ2v) is 8.78. The summed E-state index contributed by atoms with van der Waals surface area (Å²) in [4.78, 5) is 11.6. The van der Waals surface area contributed by atoms with Gasteiger partial charge in [0.25, 0.3) is 0 Å². The number of rotatable bonds is 9. The van der Waals surface area contributed by atoms with Crippen LogP contribution in [-0.2, 0) is 17.5 Å². The van der Waals surface area contributed by atoms with E-state index in [0.717, 1.165) is 16.9 Å². The van der Waals surface area contributed by atoms with Crippen molar-refractivity contribution in [2.24, 2.45) is 0 Å². The van der Waals surface area contributed by atoms with Gasteiger partial charge in [0.2, 0.25) is 5.82 Å². The quantitative estimate of drug-likeness (QED) is 0.330. The van der Waals surface area contributed by atoms with E-state index in [1.807, 2.05) is 0 Å². The van der Waals surface area contributed by atoms with Crippen LogP contribution in [0.2, 0.25) is 0 Å². The van der Waals surface area contributed by atoms with Crippen molar-refractivity contribution >= 4 is 45.0 Å². The van der Waals surface area contributed by atoms with Gasteiger partial charge in [0, 0.05) is 5.75 Å². The number of carboxylic acids is 1. The molecule has 160 valence electrons. The van der Waals surface area contributed by atoms with Crippen molar-refractivity contribution in [1.82, 2.24) is 30.4 Å². The molecule has 3 rings (SSSR count). The summed E-state index contributed by atoms with van der Waals surface area (Å²) in [6.07, 6.45) is -3.87. The summed E-state index contributed by atoms with van der Waals surface area (Å²) in [6.45, 7) is -0.182. The average molecular weight is 525 g/mol. The largest absolute Gasteiger partial charge is 0.492 e. The first-order chi connectivity index (χ1) is 14.2. The number of benzene rings is 1. The van der Waals surface area contributed by atoms with E-state index in [1.54, 1.807) is 0 Å². The molecule has 2 aromatic heterocycles. The fourth-order valence-corrected chi connectivity index (χ4v) is 4.19. The van der Waals surface area contributed by atoms with E-state index in [0.29, 0.717) is 26.0 Å². The Morgan fingerprint density at radius 1 is 1.30 bits per heavy atom. The van der Waals surface area contributed by atoms with Gasteiger partial charge in [-0.1, -0.05) is 23.1 Å². The molecule has 30 heavy (non-hydrogen) atoms. The lowest BCUT2D eigenvalue weighted by Crippen LogP contribution is -2.11. The highest BCUT2D eigenvalue weighted by atomic mass is 79.9. The first-order valence-corrected chi connectivity index (χ1v) is 10.8. The number of carboxylic acid groups (broad SMARTS) is 1. The summed E-state index contributed by atoms with van der Waals surface area (Å²) in [7, 11) is 0. The maximum Gasteiger partial charge on any atom is 0.416 e. The number of hydrogen-bond donors (Lipinski definition) is 1. The molecule has 0 bridgehead atoms. The third-order valence-corrected chi connectivity index (χ3v) is 6.15. The fraction of sp³-hybridized carbons (Fsp3) is 0.333. The monoisotopic (exact) mass is 524 g/mol. The minimum atomic E-state index is -4.43. The molecule has 0 aliphatic rings. The molecule has 1 N–H and O–H groups in total. The van der Waals surface area contributed by atoms with Crippen LogP contribution in [0, 0.1) is 0 Å². The number of thioether (sulfide) groups is 1. The van der Waals surface area contributed by atoms with Gasteiger partial charge in [-0.3, -0.25) is 4.79 Å². The van der Waals surface area contributed by atoms with Crippen molar-refractivity contribution < 1.29 is 27.8 Å². The lowest BCUT2D eigenvalue weighted by molar-refractivity contribution is -0.138. The number of ether oxygens (including phenoxy) is 1. The van der Waals surface area contributed by atoms with Crippen LogP contribution in [0.25, 0.3) is 10.8 Å². The molecule has 9 nitrogen and oxygen atoms in total. The zero-order valence-corrected chi connectivity index (χ0v) is 18.1. The predicted octanol–water partition coefficient (Wildman–Crippen LogP) is 3.62. The standard InChI is InChI=1S/C15H12BrF3N6O3S2/c16-9-3-2-8(15(17,18)19)6-10(9)28-4-1-5-29-14-22-21-13(30-14)12-20-24-25(23-12)7-11(26)27/h2-3,6H,1,4-5,7H2,(H,26,27). The van der Waals surface area contributed by atoms with Crippen LogP contribution in [0.3, 0.4) is 0 Å². The summed E-state index contributed by atoms with van der Waals surface area (Å²) >= 11 is 5.80. The first kappa shape index (κ1) is 22.4. The SMILES string of the molecule is O=C(O)Cn1nnc(-c2nnc(SCCCOc3cc(C(F)(F)F)ccc3Br)s2)n1. The van der Waals surface area contributed by atoms with Gasteiger partial charge in [-0.15, -0.1) is 20.4 Å². The van der Waals surface area contributed by atoms with Gasteiger partial charge in [0.15, 0.2) is 15.9 Å². The van der Waals surface area contributed by atoms with Crippen LogP contribution in [0.5, 0.6) is 5.75 Å². The number of hydrogen-bond acceptors (Lipinski definition) is 9. The van der Waals surface area contributed by atoms with Gasteiger partial charge < -0.3 is 9.84 Å². The maximum atomic E-state index is 12.8. The topological polar surface area (TPSA) is 116 Å². The number of nitrogens with zero attached hydrogens (tertiary/aromatic N) is 6. The number of halogens is 4. The molecule has 0 spiro atoms. The summed E-state index contributed by atoms with van der Waals surface area (Å²) in [5.74, 6) is -0.182. The third-order valence-electron chi connectivity index (χ3n) is 3.36. The zero-order valence-electron chi connectivity index (χ0n) is 14.8. The molecule has 0 aliphatic heterocycles. The van der Waals surface area contributed by atoms with E-state index >= 15 is 0 Å². The molecular formula is C15H12BrF3N6O3S2. The van der Waals surface area contributed by atoms with E-state index in [-0.39, 0.29) is 18.2 Å². The van der Waals surface area contributed by atoms with Crippen LogP contribution >= 0.6 is 39.0 Å². The normalized spacial score (nSPS) is 11.6. The third kappa shape index (κ3) is 6.12. The van der Waals surface area contributed by atoms with E-state index < -0.39 is 24.3 Å². The molecular weight excluding hydrogens is 513 g/mol. The van der Waals surface area contributed by atoms with Gasteiger partial charge in [-0.2, -0.15) is 18.0 Å². The summed E-state index contributed by atoms with van der Waals surface area (Å²) in [6, 6.07) is 3.24. The van der Waals surface area contributed by atoms with Gasteiger partial charge in [0.1, 0.15) is 5.75 Å². The van der Waals surface area contributed by atoms with E-state index in [9.17, 15) is 18.0 Å². The molecule has 0 aliphatic carbocycles. The van der Waals surface area contributed by atoms with Crippen LogP contribution in [0.1, 0.15) is 12.0 Å². The highest BCUT2D eigenvalue weighted by Crippen LogP contribution is 2.35. The van der Waals surface area contributed by atoms with E-state index in [4.69, 9.17) is 9.84 Å². The Kier molecular flexibility index (Phi) is 7.25. The van der Waals surface area contributed by atoms with Crippen molar-refractivity contribution in [3.05, 3.63) is 28.2 Å². The van der Waals surface area contributed by atoms with Crippen molar-refractivity contribution in [3.8, 4) is 16.6 Å². The van der Waals surface area contributed by atoms with Gasteiger partial charge in [-0.25, -0.2) is 0 Å². The van der Waals surface area contributed by atoms with Crippen LogP contribution in [0.4, 0.5) is 13.2 Å². The summed E-state index contributed by atoms with van der Waals surface area (Å²) in [5, 5.41) is 28.3. The molecule has 0 radical (unpaired) electrons. The molecule has 0 saturated carbocycles. The van der Waals surface area contributed by atoms with Gasteiger partial charge in [0.05, 0.1) is 16.6 Å². The van der Waals surface area contributed by atoms with Crippen molar-refractivity contribution in [3.63, 3.8) is 0 Å². The van der Waals surface area contributed by atoms with Crippen molar-refractivity contribution in [2.75, 3.05) is 12.4 Å².